The summed E-state index contributed by atoms with van der Waals surface area (Å²) in [5.74, 6) is -0.965. The Hall–Kier alpha value is -1.88. The molecule has 1 N–H and O–H groups in total. The number of rotatable bonds is 7. The zero-order chi connectivity index (χ0) is 16.0. The van der Waals surface area contributed by atoms with Gasteiger partial charge in [0.15, 0.2) is 0 Å². The molecule has 0 saturated carbocycles. The van der Waals surface area contributed by atoms with E-state index in [9.17, 15) is 14.7 Å². The predicted molar refractivity (Wildman–Crippen MR) is 82.7 cm³/mol. The number of hydrogen-bond donors (Lipinski definition) is 1. The number of nitrogens with zero attached hydrogens (tertiary/aromatic N) is 2. The predicted octanol–water partition coefficient (Wildman–Crippen LogP) is 2.04. The highest BCUT2D eigenvalue weighted by Crippen LogP contribution is 2.13. The van der Waals surface area contributed by atoms with Crippen LogP contribution in [-0.2, 0) is 0 Å². The third kappa shape index (κ3) is 5.19. The van der Waals surface area contributed by atoms with Gasteiger partial charge in [0, 0.05) is 19.6 Å². The van der Waals surface area contributed by atoms with Gasteiger partial charge in [-0.3, -0.25) is 4.79 Å². The first kappa shape index (κ1) is 17.2. The fourth-order valence-corrected chi connectivity index (χ4v) is 2.06. The van der Waals surface area contributed by atoms with E-state index in [1.165, 1.54) is 6.07 Å². The van der Waals surface area contributed by atoms with Gasteiger partial charge in [-0.25, -0.2) is 4.79 Å². The van der Waals surface area contributed by atoms with Gasteiger partial charge in [-0.05, 0) is 32.1 Å². The number of carbonyl (C=O) groups is 2. The standard InChI is InChI=1S/C16H24N2O3/c1-12(2)11-18(10-9-17(3)4)15(19)13-7-5-6-8-14(13)16(20)21/h5-8,12H,9-11H2,1-4H3,(H,20,21). The number of carboxylic acid groups (broad SMARTS) is 1. The first-order chi connectivity index (χ1) is 9.82. The maximum Gasteiger partial charge on any atom is 0.336 e. The van der Waals surface area contributed by atoms with Crippen molar-refractivity contribution in [1.29, 1.82) is 0 Å². The average molecular weight is 292 g/mol. The van der Waals surface area contributed by atoms with E-state index in [1.807, 2.05) is 32.8 Å². The Morgan fingerprint density at radius 3 is 2.14 bits per heavy atom. The lowest BCUT2D eigenvalue weighted by Crippen LogP contribution is -2.39. The smallest absolute Gasteiger partial charge is 0.336 e. The van der Waals surface area contributed by atoms with Crippen molar-refractivity contribution in [3.05, 3.63) is 35.4 Å². The van der Waals surface area contributed by atoms with E-state index in [4.69, 9.17) is 0 Å². The normalized spacial score (nSPS) is 11.0. The molecule has 0 spiro atoms. The Morgan fingerprint density at radius 2 is 1.67 bits per heavy atom. The fourth-order valence-electron chi connectivity index (χ4n) is 2.06. The maximum atomic E-state index is 12.7. The molecule has 0 aromatic heterocycles. The van der Waals surface area contributed by atoms with E-state index in [0.29, 0.717) is 19.0 Å². The first-order valence-corrected chi connectivity index (χ1v) is 7.09. The summed E-state index contributed by atoms with van der Waals surface area (Å²) in [5.41, 5.74) is 0.311. The van der Waals surface area contributed by atoms with Crippen molar-refractivity contribution in [2.24, 2.45) is 5.92 Å². The largest absolute Gasteiger partial charge is 0.478 e. The molecule has 0 atom stereocenters. The molecule has 0 unspecified atom stereocenters. The van der Waals surface area contributed by atoms with Crippen LogP contribution in [0.25, 0.3) is 0 Å². The molecule has 116 valence electrons. The third-order valence-electron chi connectivity index (χ3n) is 3.08. The molecule has 0 aliphatic heterocycles. The summed E-state index contributed by atoms with van der Waals surface area (Å²) in [7, 11) is 3.90. The number of aromatic carboxylic acids is 1. The Bertz CT molecular complexity index is 498. The molecule has 21 heavy (non-hydrogen) atoms. The van der Waals surface area contributed by atoms with Gasteiger partial charge in [0.2, 0.25) is 0 Å². The molecule has 1 rings (SSSR count). The Kier molecular flexibility index (Phi) is 6.37. The molecule has 0 bridgehead atoms. The second-order valence-electron chi connectivity index (χ2n) is 5.80. The molecule has 0 aliphatic rings. The van der Waals surface area contributed by atoms with E-state index in [-0.39, 0.29) is 17.0 Å². The summed E-state index contributed by atoms with van der Waals surface area (Å²) in [5, 5.41) is 9.22. The molecule has 0 fully saturated rings. The van der Waals surface area contributed by atoms with Crippen molar-refractivity contribution in [1.82, 2.24) is 9.80 Å². The Labute approximate surface area is 126 Å². The van der Waals surface area contributed by atoms with Crippen LogP contribution < -0.4 is 0 Å². The summed E-state index contributed by atoms with van der Waals surface area (Å²) in [6.45, 7) is 6.02. The van der Waals surface area contributed by atoms with E-state index in [2.05, 4.69) is 0 Å². The van der Waals surface area contributed by atoms with Crippen molar-refractivity contribution in [3.63, 3.8) is 0 Å². The number of amides is 1. The number of hydrogen-bond acceptors (Lipinski definition) is 3. The van der Waals surface area contributed by atoms with Gasteiger partial charge in [0.05, 0.1) is 11.1 Å². The minimum atomic E-state index is -1.07. The maximum absolute atomic E-state index is 12.7. The van der Waals surface area contributed by atoms with Crippen molar-refractivity contribution in [3.8, 4) is 0 Å². The van der Waals surface area contributed by atoms with Crippen LogP contribution in [0, 0.1) is 5.92 Å². The first-order valence-electron chi connectivity index (χ1n) is 7.09. The molecule has 5 nitrogen and oxygen atoms in total. The highest BCUT2D eigenvalue weighted by molar-refractivity contribution is 6.04. The summed E-state index contributed by atoms with van der Waals surface area (Å²) in [6, 6.07) is 6.37. The van der Waals surface area contributed by atoms with E-state index in [1.54, 1.807) is 23.1 Å². The zero-order valence-corrected chi connectivity index (χ0v) is 13.2. The van der Waals surface area contributed by atoms with Crippen LogP contribution >= 0.6 is 0 Å². The molecule has 0 heterocycles. The van der Waals surface area contributed by atoms with Crippen molar-refractivity contribution in [2.45, 2.75) is 13.8 Å². The lowest BCUT2D eigenvalue weighted by Gasteiger charge is -2.26. The van der Waals surface area contributed by atoms with Crippen LogP contribution in [-0.4, -0.2) is 60.5 Å². The minimum Gasteiger partial charge on any atom is -0.478 e. The molecular weight excluding hydrogens is 268 g/mol. The highest BCUT2D eigenvalue weighted by Gasteiger charge is 2.22. The van der Waals surface area contributed by atoms with Gasteiger partial charge >= 0.3 is 5.97 Å². The van der Waals surface area contributed by atoms with E-state index < -0.39 is 5.97 Å². The van der Waals surface area contributed by atoms with Crippen molar-refractivity contribution in [2.75, 3.05) is 33.7 Å². The van der Waals surface area contributed by atoms with Crippen LogP contribution in [0.2, 0.25) is 0 Å². The van der Waals surface area contributed by atoms with Gasteiger partial charge in [0.25, 0.3) is 5.91 Å². The van der Waals surface area contributed by atoms with Gasteiger partial charge in [0.1, 0.15) is 0 Å². The van der Waals surface area contributed by atoms with Crippen LogP contribution in [0.15, 0.2) is 24.3 Å². The van der Waals surface area contributed by atoms with Gasteiger partial charge < -0.3 is 14.9 Å². The summed E-state index contributed by atoms with van der Waals surface area (Å²) in [6.07, 6.45) is 0. The topological polar surface area (TPSA) is 60.9 Å². The van der Waals surface area contributed by atoms with Crippen LogP contribution in [0.4, 0.5) is 0 Å². The van der Waals surface area contributed by atoms with E-state index >= 15 is 0 Å². The molecule has 1 aromatic rings. The minimum absolute atomic E-state index is 0.0566. The Morgan fingerprint density at radius 1 is 1.10 bits per heavy atom. The molecule has 1 amide bonds. The molecular formula is C16H24N2O3. The second-order valence-corrected chi connectivity index (χ2v) is 5.80. The molecule has 1 aromatic carbocycles. The van der Waals surface area contributed by atoms with Crippen LogP contribution in [0.3, 0.4) is 0 Å². The molecule has 0 aliphatic carbocycles. The number of benzene rings is 1. The molecule has 0 radical (unpaired) electrons. The number of carbonyl (C=O) groups excluding carboxylic acids is 1. The van der Waals surface area contributed by atoms with E-state index in [0.717, 1.165) is 6.54 Å². The zero-order valence-electron chi connectivity index (χ0n) is 13.2. The quantitative estimate of drug-likeness (QED) is 0.835. The molecule has 5 heteroatoms. The summed E-state index contributed by atoms with van der Waals surface area (Å²) >= 11 is 0. The van der Waals surface area contributed by atoms with Crippen LogP contribution in [0.1, 0.15) is 34.6 Å². The van der Waals surface area contributed by atoms with Crippen molar-refractivity contribution < 1.29 is 14.7 Å². The second kappa shape index (κ2) is 7.78. The molecule has 0 saturated heterocycles. The highest BCUT2D eigenvalue weighted by atomic mass is 16.4. The fraction of sp³-hybridized carbons (Fsp3) is 0.500. The van der Waals surface area contributed by atoms with Gasteiger partial charge in [-0.1, -0.05) is 26.0 Å². The third-order valence-corrected chi connectivity index (χ3v) is 3.08. The Balaban J connectivity index is 3.01. The summed E-state index contributed by atoms with van der Waals surface area (Å²) < 4.78 is 0. The number of carboxylic acids is 1. The van der Waals surface area contributed by atoms with Gasteiger partial charge in [-0.2, -0.15) is 0 Å². The number of likely N-dealkylation sites (N-methyl/N-ethyl adjacent to an activating group) is 1. The van der Waals surface area contributed by atoms with Gasteiger partial charge in [-0.15, -0.1) is 0 Å². The SMILES string of the molecule is CC(C)CN(CCN(C)C)C(=O)c1ccccc1C(=O)O. The average Bonchev–Trinajstić information content (AvgIpc) is 2.42. The monoisotopic (exact) mass is 292 g/mol. The lowest BCUT2D eigenvalue weighted by atomic mass is 10.1. The van der Waals surface area contributed by atoms with Crippen molar-refractivity contribution >= 4 is 11.9 Å². The van der Waals surface area contributed by atoms with Crippen LogP contribution in [0.5, 0.6) is 0 Å². The summed E-state index contributed by atoms with van der Waals surface area (Å²) in [4.78, 5) is 27.7. The lowest BCUT2D eigenvalue weighted by molar-refractivity contribution is 0.0666.